The van der Waals surface area contributed by atoms with E-state index in [0.29, 0.717) is 18.4 Å². The Morgan fingerprint density at radius 3 is 2.39 bits per heavy atom. The van der Waals surface area contributed by atoms with Crippen LogP contribution in [-0.2, 0) is 22.4 Å². The Bertz CT molecular complexity index is 674. The molecule has 4 nitrogen and oxygen atoms in total. The van der Waals surface area contributed by atoms with Gasteiger partial charge in [-0.15, -0.1) is 0 Å². The summed E-state index contributed by atoms with van der Waals surface area (Å²) in [5.41, 5.74) is 6.97. The van der Waals surface area contributed by atoms with Crippen molar-refractivity contribution in [3.63, 3.8) is 0 Å². The second-order valence-corrected chi connectivity index (χ2v) is 5.35. The van der Waals surface area contributed by atoms with Crippen molar-refractivity contribution < 1.29 is 14.0 Å². The van der Waals surface area contributed by atoms with Crippen LogP contribution in [0.25, 0.3) is 0 Å². The summed E-state index contributed by atoms with van der Waals surface area (Å²) in [6.07, 6.45) is 1.07. The van der Waals surface area contributed by atoms with Crippen molar-refractivity contribution in [2.45, 2.75) is 25.3 Å². The topological polar surface area (TPSA) is 72.2 Å². The zero-order valence-electron chi connectivity index (χ0n) is 12.7. The van der Waals surface area contributed by atoms with E-state index in [1.54, 1.807) is 12.1 Å². The second-order valence-electron chi connectivity index (χ2n) is 5.35. The van der Waals surface area contributed by atoms with Gasteiger partial charge in [0.1, 0.15) is 11.9 Å². The number of nitrogens with one attached hydrogen (secondary N) is 1. The smallest absolute Gasteiger partial charge is 0.240 e. The highest BCUT2D eigenvalue weighted by Crippen LogP contribution is 2.07. The van der Waals surface area contributed by atoms with Gasteiger partial charge in [0, 0.05) is 0 Å². The minimum absolute atomic E-state index is 0.00682. The lowest BCUT2D eigenvalue weighted by atomic mass is 10.0. The number of hydrogen-bond acceptors (Lipinski definition) is 2. The van der Waals surface area contributed by atoms with Crippen LogP contribution in [0, 0.1) is 5.82 Å². The SMILES string of the molecule is NC(=O)[C@@H](CCc1ccccc1)NC(=O)Cc1cccc(F)c1. The maximum absolute atomic E-state index is 13.1. The summed E-state index contributed by atoms with van der Waals surface area (Å²) < 4.78 is 13.1. The molecule has 2 rings (SSSR count). The summed E-state index contributed by atoms with van der Waals surface area (Å²) in [7, 11) is 0. The van der Waals surface area contributed by atoms with Crippen molar-refractivity contribution in [2.75, 3.05) is 0 Å². The predicted octanol–water partition coefficient (Wildman–Crippen LogP) is 1.97. The number of primary amides is 1. The fourth-order valence-electron chi connectivity index (χ4n) is 2.32. The van der Waals surface area contributed by atoms with E-state index >= 15 is 0 Å². The molecule has 0 saturated carbocycles. The summed E-state index contributed by atoms with van der Waals surface area (Å²) in [4.78, 5) is 23.5. The first kappa shape index (κ1) is 16.7. The molecule has 0 saturated heterocycles. The van der Waals surface area contributed by atoms with Crippen LogP contribution >= 0.6 is 0 Å². The quantitative estimate of drug-likeness (QED) is 0.820. The van der Waals surface area contributed by atoms with E-state index in [1.165, 1.54) is 12.1 Å². The molecule has 3 N–H and O–H groups in total. The fourth-order valence-corrected chi connectivity index (χ4v) is 2.32. The zero-order chi connectivity index (χ0) is 16.7. The molecule has 0 fully saturated rings. The molecule has 2 aromatic carbocycles. The number of amides is 2. The normalized spacial score (nSPS) is 11.7. The lowest BCUT2D eigenvalue weighted by Gasteiger charge is -2.15. The Balaban J connectivity index is 1.91. The average Bonchev–Trinajstić information content (AvgIpc) is 2.52. The molecule has 5 heteroatoms. The molecule has 0 aliphatic rings. The van der Waals surface area contributed by atoms with E-state index in [4.69, 9.17) is 5.73 Å². The van der Waals surface area contributed by atoms with Crippen molar-refractivity contribution in [2.24, 2.45) is 5.73 Å². The van der Waals surface area contributed by atoms with Gasteiger partial charge in [-0.25, -0.2) is 4.39 Å². The van der Waals surface area contributed by atoms with E-state index in [-0.39, 0.29) is 12.3 Å². The van der Waals surface area contributed by atoms with E-state index < -0.39 is 17.8 Å². The van der Waals surface area contributed by atoms with Gasteiger partial charge in [0.2, 0.25) is 11.8 Å². The molecule has 0 bridgehead atoms. The molecular formula is C18H19FN2O2. The van der Waals surface area contributed by atoms with E-state index in [2.05, 4.69) is 5.32 Å². The summed E-state index contributed by atoms with van der Waals surface area (Å²) in [5, 5.41) is 2.62. The maximum Gasteiger partial charge on any atom is 0.240 e. The largest absolute Gasteiger partial charge is 0.368 e. The summed E-state index contributed by atoms with van der Waals surface area (Å²) >= 11 is 0. The van der Waals surface area contributed by atoms with Gasteiger partial charge in [-0.1, -0.05) is 42.5 Å². The van der Waals surface area contributed by atoms with Gasteiger partial charge in [-0.3, -0.25) is 9.59 Å². The van der Waals surface area contributed by atoms with Crippen LogP contribution in [0.1, 0.15) is 17.5 Å². The molecule has 0 aromatic heterocycles. The molecule has 2 amide bonds. The molecule has 2 aromatic rings. The minimum atomic E-state index is -0.740. The van der Waals surface area contributed by atoms with Crippen LogP contribution in [0.4, 0.5) is 4.39 Å². The molecule has 1 atom stereocenters. The van der Waals surface area contributed by atoms with Crippen molar-refractivity contribution in [3.8, 4) is 0 Å². The number of halogens is 1. The fraction of sp³-hybridized carbons (Fsp3) is 0.222. The number of carbonyl (C=O) groups excluding carboxylic acids is 2. The molecule has 23 heavy (non-hydrogen) atoms. The molecule has 0 unspecified atom stereocenters. The van der Waals surface area contributed by atoms with Crippen LogP contribution in [-0.4, -0.2) is 17.9 Å². The first-order chi connectivity index (χ1) is 11.0. The Morgan fingerprint density at radius 2 is 1.74 bits per heavy atom. The first-order valence-electron chi connectivity index (χ1n) is 7.41. The standard InChI is InChI=1S/C18H19FN2O2/c19-15-8-4-7-14(11-15)12-17(22)21-16(18(20)23)10-9-13-5-2-1-3-6-13/h1-8,11,16H,9-10,12H2,(H2,20,23)(H,21,22)/t16-/m1/s1. The number of carbonyl (C=O) groups is 2. The van der Waals surface area contributed by atoms with Gasteiger partial charge in [-0.05, 0) is 36.1 Å². The van der Waals surface area contributed by atoms with E-state index in [9.17, 15) is 14.0 Å². The Morgan fingerprint density at radius 1 is 1.04 bits per heavy atom. The molecule has 0 aliphatic heterocycles. The molecule has 0 heterocycles. The number of nitrogens with two attached hydrogens (primary N) is 1. The van der Waals surface area contributed by atoms with Crippen LogP contribution in [0.5, 0.6) is 0 Å². The lowest BCUT2D eigenvalue weighted by Crippen LogP contribution is -2.45. The second kappa shape index (κ2) is 8.08. The van der Waals surface area contributed by atoms with Gasteiger partial charge >= 0.3 is 0 Å². The third-order valence-corrected chi connectivity index (χ3v) is 3.50. The van der Waals surface area contributed by atoms with Gasteiger partial charge in [0.05, 0.1) is 6.42 Å². The van der Waals surface area contributed by atoms with Gasteiger partial charge in [0.15, 0.2) is 0 Å². The van der Waals surface area contributed by atoms with Crippen LogP contribution in [0.2, 0.25) is 0 Å². The van der Waals surface area contributed by atoms with Gasteiger partial charge < -0.3 is 11.1 Å². The van der Waals surface area contributed by atoms with E-state index in [0.717, 1.165) is 5.56 Å². The zero-order valence-corrected chi connectivity index (χ0v) is 12.7. The monoisotopic (exact) mass is 314 g/mol. The minimum Gasteiger partial charge on any atom is -0.368 e. The number of benzene rings is 2. The van der Waals surface area contributed by atoms with Crippen LogP contribution in [0.3, 0.4) is 0 Å². The Labute approximate surface area is 134 Å². The van der Waals surface area contributed by atoms with Gasteiger partial charge in [-0.2, -0.15) is 0 Å². The average molecular weight is 314 g/mol. The maximum atomic E-state index is 13.1. The highest BCUT2D eigenvalue weighted by molar-refractivity contribution is 5.87. The third kappa shape index (κ3) is 5.54. The van der Waals surface area contributed by atoms with Gasteiger partial charge in [0.25, 0.3) is 0 Å². The highest BCUT2D eigenvalue weighted by Gasteiger charge is 2.18. The summed E-state index contributed by atoms with van der Waals surface area (Å²) in [5.74, 6) is -1.33. The third-order valence-electron chi connectivity index (χ3n) is 3.50. The Kier molecular flexibility index (Phi) is 5.86. The van der Waals surface area contributed by atoms with Crippen LogP contribution < -0.4 is 11.1 Å². The highest BCUT2D eigenvalue weighted by atomic mass is 19.1. The number of rotatable bonds is 7. The molecule has 0 spiro atoms. The molecule has 0 radical (unpaired) electrons. The Hall–Kier alpha value is -2.69. The first-order valence-corrected chi connectivity index (χ1v) is 7.41. The van der Waals surface area contributed by atoms with Crippen molar-refractivity contribution in [1.82, 2.24) is 5.32 Å². The summed E-state index contributed by atoms with van der Waals surface area (Å²) in [6, 6.07) is 14.7. The summed E-state index contributed by atoms with van der Waals surface area (Å²) in [6.45, 7) is 0. The molecular weight excluding hydrogens is 295 g/mol. The predicted molar refractivity (Wildman–Crippen MR) is 86.0 cm³/mol. The molecule has 0 aliphatic carbocycles. The molecule has 120 valence electrons. The van der Waals surface area contributed by atoms with Crippen molar-refractivity contribution in [1.29, 1.82) is 0 Å². The van der Waals surface area contributed by atoms with Crippen LogP contribution in [0.15, 0.2) is 54.6 Å². The van der Waals surface area contributed by atoms with E-state index in [1.807, 2.05) is 30.3 Å². The van der Waals surface area contributed by atoms with Crippen molar-refractivity contribution >= 4 is 11.8 Å². The number of aryl methyl sites for hydroxylation is 1. The lowest BCUT2D eigenvalue weighted by molar-refractivity contribution is -0.127. The van der Waals surface area contributed by atoms with Crippen molar-refractivity contribution in [3.05, 3.63) is 71.5 Å². The number of hydrogen-bond donors (Lipinski definition) is 2.